The van der Waals surface area contributed by atoms with Gasteiger partial charge in [-0.25, -0.2) is 9.59 Å². The number of hydrogen-bond donors (Lipinski definition) is 4. The minimum absolute atomic E-state index is 0.0166. The lowest BCUT2D eigenvalue weighted by molar-refractivity contribution is -0.173. The smallest absolute Gasteiger partial charge is 0.331 e. The second-order valence-electron chi connectivity index (χ2n) is 5.85. The highest BCUT2D eigenvalue weighted by Crippen LogP contribution is 2.23. The molecule has 2 fully saturated rings. The zero-order valence-electron chi connectivity index (χ0n) is 12.9. The second kappa shape index (κ2) is 7.24. The van der Waals surface area contributed by atoms with Crippen molar-refractivity contribution in [3.05, 3.63) is 0 Å². The third-order valence-electron chi connectivity index (χ3n) is 4.39. The van der Waals surface area contributed by atoms with E-state index < -0.39 is 48.1 Å². The minimum atomic E-state index is -2.08. The molecule has 0 saturated carbocycles. The Bertz CT molecular complexity index is 543. The van der Waals surface area contributed by atoms with Crippen LogP contribution in [-0.2, 0) is 23.9 Å². The van der Waals surface area contributed by atoms with Gasteiger partial charge in [-0.05, 0) is 32.2 Å². The van der Waals surface area contributed by atoms with E-state index in [2.05, 4.69) is 5.32 Å². The quantitative estimate of drug-likeness (QED) is 0.308. The molecule has 2 aliphatic rings. The molecule has 2 saturated heterocycles. The number of aliphatic hydroxyl groups is 1. The van der Waals surface area contributed by atoms with Gasteiger partial charge in [-0.15, -0.1) is 0 Å². The molecule has 10 nitrogen and oxygen atoms in total. The molecular formula is C14H20N2O8. The SMILES string of the molecule is O=C(O)[C@@H]1CCCN1C(=O)COC(O)C(=O)[C@]1(C(=O)O)CCCN1. The Labute approximate surface area is 137 Å². The minimum Gasteiger partial charge on any atom is -0.480 e. The molecule has 0 aromatic carbocycles. The fourth-order valence-electron chi connectivity index (χ4n) is 3.08. The number of rotatable bonds is 7. The zero-order valence-corrected chi connectivity index (χ0v) is 12.9. The van der Waals surface area contributed by atoms with Crippen molar-refractivity contribution in [3.63, 3.8) is 0 Å². The fraction of sp³-hybridized carbons (Fsp3) is 0.714. The number of aliphatic carboxylic acids is 2. The number of ether oxygens (including phenoxy) is 1. The molecule has 0 aromatic rings. The topological polar surface area (TPSA) is 153 Å². The van der Waals surface area contributed by atoms with E-state index in [0.29, 0.717) is 25.8 Å². The van der Waals surface area contributed by atoms with Crippen LogP contribution in [0.1, 0.15) is 25.7 Å². The molecule has 3 atom stereocenters. The summed E-state index contributed by atoms with van der Waals surface area (Å²) in [5, 5.41) is 30.6. The van der Waals surface area contributed by atoms with Crippen molar-refractivity contribution in [1.82, 2.24) is 10.2 Å². The summed E-state index contributed by atoms with van der Waals surface area (Å²) in [4.78, 5) is 47.7. The van der Waals surface area contributed by atoms with Gasteiger partial charge in [0.25, 0.3) is 0 Å². The van der Waals surface area contributed by atoms with Crippen LogP contribution in [0.2, 0.25) is 0 Å². The number of carboxylic acids is 2. The standard InChI is InChI=1S/C14H20N2O8/c17-9(16-6-1-3-8(16)11(19)20)7-24-12(21)10(18)14(13(22)23)4-2-5-15-14/h8,12,15,21H,1-7H2,(H,19,20)(H,22,23)/t8-,12?,14-/m0/s1. The van der Waals surface area contributed by atoms with Crippen LogP contribution < -0.4 is 5.32 Å². The normalized spacial score (nSPS) is 27.9. The number of hydrogen-bond acceptors (Lipinski definition) is 7. The number of ketones is 1. The van der Waals surface area contributed by atoms with E-state index in [1.165, 1.54) is 0 Å². The number of likely N-dealkylation sites (tertiary alicyclic amines) is 1. The third-order valence-corrected chi connectivity index (χ3v) is 4.39. The van der Waals surface area contributed by atoms with Crippen LogP contribution in [0.25, 0.3) is 0 Å². The van der Waals surface area contributed by atoms with Gasteiger partial charge in [0, 0.05) is 6.54 Å². The highest BCUT2D eigenvalue weighted by Gasteiger charge is 2.51. The summed E-state index contributed by atoms with van der Waals surface area (Å²) in [5.74, 6) is -4.28. The number of carboxylic acid groups (broad SMARTS) is 2. The van der Waals surface area contributed by atoms with E-state index >= 15 is 0 Å². The molecule has 10 heteroatoms. The lowest BCUT2D eigenvalue weighted by Gasteiger charge is -2.26. The van der Waals surface area contributed by atoms with Gasteiger partial charge in [0.05, 0.1) is 0 Å². The monoisotopic (exact) mass is 344 g/mol. The summed E-state index contributed by atoms with van der Waals surface area (Å²) in [5.41, 5.74) is -1.92. The average Bonchev–Trinajstić information content (AvgIpc) is 3.20. The van der Waals surface area contributed by atoms with Gasteiger partial charge in [-0.1, -0.05) is 0 Å². The van der Waals surface area contributed by atoms with Crippen molar-refractivity contribution in [2.45, 2.75) is 43.6 Å². The first-order chi connectivity index (χ1) is 11.3. The van der Waals surface area contributed by atoms with Crippen molar-refractivity contribution in [2.24, 2.45) is 0 Å². The zero-order chi connectivity index (χ0) is 17.9. The molecule has 1 unspecified atom stereocenters. The molecule has 1 amide bonds. The fourth-order valence-corrected chi connectivity index (χ4v) is 3.08. The summed E-state index contributed by atoms with van der Waals surface area (Å²) < 4.78 is 4.81. The van der Waals surface area contributed by atoms with Gasteiger partial charge >= 0.3 is 11.9 Å². The molecule has 0 aliphatic carbocycles. The lowest BCUT2D eigenvalue weighted by atomic mass is 9.92. The van der Waals surface area contributed by atoms with Crippen molar-refractivity contribution in [2.75, 3.05) is 19.7 Å². The first-order valence-electron chi connectivity index (χ1n) is 7.64. The molecule has 0 aromatic heterocycles. The van der Waals surface area contributed by atoms with Crippen molar-refractivity contribution in [3.8, 4) is 0 Å². The second-order valence-corrected chi connectivity index (χ2v) is 5.85. The van der Waals surface area contributed by atoms with Gasteiger partial charge in [0.2, 0.25) is 18.0 Å². The van der Waals surface area contributed by atoms with Crippen LogP contribution in [0.3, 0.4) is 0 Å². The first-order valence-corrected chi connectivity index (χ1v) is 7.64. The summed E-state index contributed by atoms with van der Waals surface area (Å²) in [7, 11) is 0. The molecule has 0 spiro atoms. The summed E-state index contributed by atoms with van der Waals surface area (Å²) in [6, 6.07) is -0.948. The van der Waals surface area contributed by atoms with Crippen molar-refractivity contribution < 1.29 is 39.2 Å². The number of carbonyl (C=O) groups is 4. The van der Waals surface area contributed by atoms with E-state index in [9.17, 15) is 29.4 Å². The largest absolute Gasteiger partial charge is 0.480 e. The number of carbonyl (C=O) groups excluding carboxylic acids is 2. The maximum absolute atomic E-state index is 12.2. The molecule has 4 N–H and O–H groups in total. The third kappa shape index (κ3) is 3.40. The predicted octanol–water partition coefficient (Wildman–Crippen LogP) is -1.83. The van der Waals surface area contributed by atoms with E-state index in [1.54, 1.807) is 0 Å². The Morgan fingerprint density at radius 2 is 1.96 bits per heavy atom. The van der Waals surface area contributed by atoms with Gasteiger partial charge in [0.1, 0.15) is 12.6 Å². The Morgan fingerprint density at radius 1 is 1.25 bits per heavy atom. The highest BCUT2D eigenvalue weighted by atomic mass is 16.6. The van der Waals surface area contributed by atoms with Crippen LogP contribution in [0.4, 0.5) is 0 Å². The van der Waals surface area contributed by atoms with Gasteiger partial charge in [-0.2, -0.15) is 0 Å². The molecule has 2 aliphatic heterocycles. The molecule has 2 heterocycles. The first kappa shape index (κ1) is 18.3. The Kier molecular flexibility index (Phi) is 5.52. The molecule has 0 radical (unpaired) electrons. The van der Waals surface area contributed by atoms with Crippen molar-refractivity contribution >= 4 is 23.6 Å². The number of aliphatic hydroxyl groups excluding tert-OH is 1. The summed E-state index contributed by atoms with van der Waals surface area (Å²) >= 11 is 0. The highest BCUT2D eigenvalue weighted by molar-refractivity contribution is 6.09. The molecule has 134 valence electrons. The van der Waals surface area contributed by atoms with Crippen LogP contribution in [0, 0.1) is 0 Å². The predicted molar refractivity (Wildman–Crippen MR) is 76.9 cm³/mol. The maximum Gasteiger partial charge on any atom is 0.331 e. The Balaban J connectivity index is 1.93. The number of amides is 1. The Hall–Kier alpha value is -2.04. The van der Waals surface area contributed by atoms with Gasteiger partial charge in [0.15, 0.2) is 5.54 Å². The number of nitrogens with one attached hydrogen (secondary N) is 1. The molecule has 2 rings (SSSR count). The van der Waals surface area contributed by atoms with E-state index in [1.807, 2.05) is 0 Å². The number of nitrogens with zero attached hydrogens (tertiary/aromatic N) is 1. The van der Waals surface area contributed by atoms with Crippen LogP contribution in [0.15, 0.2) is 0 Å². The number of Topliss-reactive ketones (excluding diaryl/α,β-unsaturated/α-hetero) is 1. The van der Waals surface area contributed by atoms with Gasteiger partial charge < -0.3 is 25.0 Å². The lowest BCUT2D eigenvalue weighted by Crippen LogP contribution is -2.58. The maximum atomic E-state index is 12.2. The van der Waals surface area contributed by atoms with E-state index in [0.717, 1.165) is 4.90 Å². The van der Waals surface area contributed by atoms with Crippen LogP contribution in [0.5, 0.6) is 0 Å². The summed E-state index contributed by atoms with van der Waals surface area (Å²) in [6.07, 6.45) is -0.743. The average molecular weight is 344 g/mol. The summed E-state index contributed by atoms with van der Waals surface area (Å²) in [6.45, 7) is -0.131. The van der Waals surface area contributed by atoms with Crippen molar-refractivity contribution in [1.29, 1.82) is 0 Å². The van der Waals surface area contributed by atoms with Crippen LogP contribution in [-0.4, -0.2) is 81.4 Å². The molecule has 0 bridgehead atoms. The van der Waals surface area contributed by atoms with Crippen LogP contribution >= 0.6 is 0 Å². The molecule has 24 heavy (non-hydrogen) atoms. The van der Waals surface area contributed by atoms with E-state index in [4.69, 9.17) is 9.84 Å². The van der Waals surface area contributed by atoms with Gasteiger partial charge in [-0.3, -0.25) is 14.9 Å². The molecular weight excluding hydrogens is 324 g/mol. The van der Waals surface area contributed by atoms with E-state index in [-0.39, 0.29) is 13.0 Å². The Morgan fingerprint density at radius 3 is 2.50 bits per heavy atom.